The maximum atomic E-state index is 12.1. The highest BCUT2D eigenvalue weighted by Gasteiger charge is 2.20. The monoisotopic (exact) mass is 358 g/mol. The van der Waals surface area contributed by atoms with Crippen LogP contribution in [0.15, 0.2) is 30.6 Å². The summed E-state index contributed by atoms with van der Waals surface area (Å²) in [6.45, 7) is 3.83. The van der Waals surface area contributed by atoms with Crippen molar-refractivity contribution in [1.82, 2.24) is 9.97 Å². The number of carbonyl (C=O) groups is 1. The number of carbonyl (C=O) groups excluding carboxylic acids is 1. The fraction of sp³-hybridized carbons (Fsp3) is 0.188. The fourth-order valence-corrected chi connectivity index (χ4v) is 3.43. The highest BCUT2D eigenvalue weighted by atomic mass is 32.1. The van der Waals surface area contributed by atoms with E-state index in [0.29, 0.717) is 32.2 Å². The number of aryl methyl sites for hydroxylation is 1. The van der Waals surface area contributed by atoms with Crippen LogP contribution < -0.4 is 5.32 Å². The van der Waals surface area contributed by atoms with Crippen molar-refractivity contribution in [3.8, 4) is 0 Å². The third kappa shape index (κ3) is 3.26. The molecule has 2 heterocycles. The van der Waals surface area contributed by atoms with Crippen molar-refractivity contribution < 1.29 is 14.5 Å². The van der Waals surface area contributed by atoms with E-state index >= 15 is 0 Å². The maximum Gasteiger partial charge on any atom is 0.348 e. The van der Waals surface area contributed by atoms with E-state index in [1.807, 2.05) is 0 Å². The van der Waals surface area contributed by atoms with Gasteiger partial charge >= 0.3 is 5.97 Å². The third-order valence-electron chi connectivity index (χ3n) is 3.51. The Labute approximate surface area is 146 Å². The van der Waals surface area contributed by atoms with Gasteiger partial charge in [-0.25, -0.2) is 14.8 Å². The summed E-state index contributed by atoms with van der Waals surface area (Å²) >= 11 is 1.23. The molecule has 3 aromatic rings. The number of non-ortho nitro benzene ring substituents is 1. The number of anilines is 2. The minimum absolute atomic E-state index is 0.0236. The van der Waals surface area contributed by atoms with E-state index in [0.717, 1.165) is 0 Å². The topological polar surface area (TPSA) is 107 Å². The summed E-state index contributed by atoms with van der Waals surface area (Å²) < 4.78 is 5.07. The molecule has 1 aromatic carbocycles. The zero-order valence-corrected chi connectivity index (χ0v) is 14.3. The van der Waals surface area contributed by atoms with Crippen LogP contribution in [0, 0.1) is 17.0 Å². The molecule has 3 rings (SSSR count). The smallest absolute Gasteiger partial charge is 0.348 e. The zero-order valence-electron chi connectivity index (χ0n) is 13.5. The van der Waals surface area contributed by atoms with E-state index in [-0.39, 0.29) is 12.3 Å². The van der Waals surface area contributed by atoms with Crippen LogP contribution in [-0.4, -0.2) is 27.5 Å². The van der Waals surface area contributed by atoms with Crippen molar-refractivity contribution in [3.63, 3.8) is 0 Å². The Morgan fingerprint density at radius 2 is 2.20 bits per heavy atom. The molecular weight excluding hydrogens is 344 g/mol. The molecule has 0 amide bonds. The first kappa shape index (κ1) is 16.8. The van der Waals surface area contributed by atoms with Gasteiger partial charge in [0.2, 0.25) is 0 Å². The second kappa shape index (κ2) is 6.81. The molecule has 9 heteroatoms. The van der Waals surface area contributed by atoms with Gasteiger partial charge in [-0.3, -0.25) is 10.1 Å². The van der Waals surface area contributed by atoms with Gasteiger partial charge in [-0.15, -0.1) is 11.3 Å². The Morgan fingerprint density at radius 1 is 1.40 bits per heavy atom. The summed E-state index contributed by atoms with van der Waals surface area (Å²) in [6.07, 6.45) is 1.38. The van der Waals surface area contributed by atoms with Gasteiger partial charge in [-0.1, -0.05) is 6.07 Å². The van der Waals surface area contributed by atoms with E-state index in [1.165, 1.54) is 29.8 Å². The van der Waals surface area contributed by atoms with Crippen LogP contribution in [0.2, 0.25) is 0 Å². The maximum absolute atomic E-state index is 12.1. The van der Waals surface area contributed by atoms with Gasteiger partial charge in [0.15, 0.2) is 0 Å². The van der Waals surface area contributed by atoms with Gasteiger partial charge in [0.05, 0.1) is 16.9 Å². The van der Waals surface area contributed by atoms with Crippen LogP contribution in [0.1, 0.15) is 22.2 Å². The average molecular weight is 358 g/mol. The Bertz CT molecular complexity index is 970. The van der Waals surface area contributed by atoms with E-state index in [9.17, 15) is 14.9 Å². The second-order valence-electron chi connectivity index (χ2n) is 5.11. The van der Waals surface area contributed by atoms with Crippen molar-refractivity contribution in [3.05, 3.63) is 51.1 Å². The summed E-state index contributed by atoms with van der Waals surface area (Å²) in [4.78, 5) is 32.1. The number of nitro benzene ring substituents is 1. The number of nitrogens with one attached hydrogen (secondary N) is 1. The first-order valence-corrected chi connectivity index (χ1v) is 8.25. The van der Waals surface area contributed by atoms with Crippen LogP contribution in [0.25, 0.3) is 10.2 Å². The number of nitro groups is 1. The predicted molar refractivity (Wildman–Crippen MR) is 94.5 cm³/mol. The van der Waals surface area contributed by atoms with E-state index in [1.54, 1.807) is 26.0 Å². The van der Waals surface area contributed by atoms with Gasteiger partial charge in [0.25, 0.3) is 5.69 Å². The summed E-state index contributed by atoms with van der Waals surface area (Å²) in [7, 11) is 0. The molecule has 0 aliphatic heterocycles. The van der Waals surface area contributed by atoms with Crippen LogP contribution in [0.5, 0.6) is 0 Å². The minimum atomic E-state index is -0.463. The molecule has 0 unspecified atom stereocenters. The van der Waals surface area contributed by atoms with E-state index < -0.39 is 10.9 Å². The first-order valence-electron chi connectivity index (χ1n) is 7.44. The third-order valence-corrected chi connectivity index (χ3v) is 4.69. The Morgan fingerprint density at radius 3 is 2.92 bits per heavy atom. The molecule has 0 radical (unpaired) electrons. The Kier molecular flexibility index (Phi) is 4.57. The number of hydrogen-bond donors (Lipinski definition) is 1. The van der Waals surface area contributed by atoms with Crippen molar-refractivity contribution >= 4 is 44.7 Å². The molecule has 0 bridgehead atoms. The van der Waals surface area contributed by atoms with Crippen LogP contribution in [0.3, 0.4) is 0 Å². The zero-order chi connectivity index (χ0) is 18.0. The summed E-state index contributed by atoms with van der Waals surface area (Å²) in [5.41, 5.74) is 1.22. The molecule has 0 saturated carbocycles. The lowest BCUT2D eigenvalue weighted by molar-refractivity contribution is -0.384. The molecule has 0 atom stereocenters. The van der Waals surface area contributed by atoms with Crippen molar-refractivity contribution in [2.45, 2.75) is 13.8 Å². The summed E-state index contributed by atoms with van der Waals surface area (Å²) in [5, 5.41) is 14.7. The molecule has 1 N–H and O–H groups in total. The molecule has 8 nitrogen and oxygen atoms in total. The van der Waals surface area contributed by atoms with Gasteiger partial charge < -0.3 is 10.1 Å². The minimum Gasteiger partial charge on any atom is -0.462 e. The molecule has 0 saturated heterocycles. The van der Waals surface area contributed by atoms with Crippen molar-refractivity contribution in [2.75, 3.05) is 11.9 Å². The van der Waals surface area contributed by atoms with Crippen LogP contribution in [-0.2, 0) is 4.74 Å². The number of fused-ring (bicyclic) bond motifs is 1. The second-order valence-corrected chi connectivity index (χ2v) is 6.11. The van der Waals surface area contributed by atoms with Gasteiger partial charge in [-0.2, -0.15) is 0 Å². The SMILES string of the molecule is CCOC(=O)c1sc2ncnc(Nc3cccc([N+](=O)[O-])c3)c2c1C. The summed E-state index contributed by atoms with van der Waals surface area (Å²) in [6, 6.07) is 6.12. The standard InChI is InChI=1S/C16H14N4O4S/c1-3-24-16(21)13-9(2)12-14(17-8-18-15(12)25-13)19-10-5-4-6-11(7-10)20(22)23/h4-8H,3H2,1-2H3,(H,17,18,19). The highest BCUT2D eigenvalue weighted by Crippen LogP contribution is 2.35. The molecule has 0 fully saturated rings. The number of aromatic nitrogens is 2. The van der Waals surface area contributed by atoms with Crippen LogP contribution in [0.4, 0.5) is 17.2 Å². The Hall–Kier alpha value is -3.07. The number of nitrogens with zero attached hydrogens (tertiary/aromatic N) is 3. The van der Waals surface area contributed by atoms with Gasteiger partial charge in [0.1, 0.15) is 21.9 Å². The number of hydrogen-bond acceptors (Lipinski definition) is 8. The van der Waals surface area contributed by atoms with Crippen molar-refractivity contribution in [1.29, 1.82) is 0 Å². The normalized spacial score (nSPS) is 10.6. The lowest BCUT2D eigenvalue weighted by atomic mass is 10.2. The lowest BCUT2D eigenvalue weighted by Gasteiger charge is -2.07. The lowest BCUT2D eigenvalue weighted by Crippen LogP contribution is -2.03. The number of thiophene rings is 1. The number of esters is 1. The quantitative estimate of drug-likeness (QED) is 0.419. The number of rotatable bonds is 5. The van der Waals surface area contributed by atoms with Crippen molar-refractivity contribution in [2.24, 2.45) is 0 Å². The first-order chi connectivity index (χ1) is 12.0. The molecule has 0 aliphatic carbocycles. The summed E-state index contributed by atoms with van der Waals surface area (Å²) in [5.74, 6) is 0.0825. The highest BCUT2D eigenvalue weighted by molar-refractivity contribution is 7.20. The molecule has 2 aromatic heterocycles. The molecular formula is C16H14N4O4S. The number of benzene rings is 1. The van der Waals surface area contributed by atoms with E-state index in [4.69, 9.17) is 4.74 Å². The van der Waals surface area contributed by atoms with Crippen LogP contribution >= 0.6 is 11.3 Å². The largest absolute Gasteiger partial charge is 0.462 e. The Balaban J connectivity index is 2.04. The van der Waals surface area contributed by atoms with Gasteiger partial charge in [-0.05, 0) is 25.5 Å². The number of ether oxygens (including phenoxy) is 1. The molecule has 0 spiro atoms. The van der Waals surface area contributed by atoms with E-state index in [2.05, 4.69) is 15.3 Å². The molecule has 25 heavy (non-hydrogen) atoms. The van der Waals surface area contributed by atoms with Gasteiger partial charge in [0, 0.05) is 17.8 Å². The average Bonchev–Trinajstić information content (AvgIpc) is 2.93. The molecule has 128 valence electrons. The predicted octanol–water partition coefficient (Wildman–Crippen LogP) is 3.83. The fourth-order valence-electron chi connectivity index (χ4n) is 2.39. The molecule has 0 aliphatic rings.